The van der Waals surface area contributed by atoms with Crippen molar-refractivity contribution in [3.8, 4) is 0 Å². The summed E-state index contributed by atoms with van der Waals surface area (Å²) in [5.41, 5.74) is 0.897. The SMILES string of the molecule is CC(NC(=O)C1CCNCC1)c1ccc(Cl)cc1Cl. The molecule has 1 atom stereocenters. The normalized spacial score (nSPS) is 18.1. The third-order valence-corrected chi connectivity index (χ3v) is 4.06. The second-order valence-corrected chi connectivity index (χ2v) is 5.76. The highest BCUT2D eigenvalue weighted by molar-refractivity contribution is 6.35. The van der Waals surface area contributed by atoms with Crippen LogP contribution in [0, 0.1) is 5.92 Å². The van der Waals surface area contributed by atoms with Crippen LogP contribution in [-0.2, 0) is 4.79 Å². The Morgan fingerprint density at radius 2 is 2.05 bits per heavy atom. The second-order valence-electron chi connectivity index (χ2n) is 4.92. The number of nitrogens with one attached hydrogen (secondary N) is 2. The summed E-state index contributed by atoms with van der Waals surface area (Å²) in [7, 11) is 0. The van der Waals surface area contributed by atoms with Gasteiger partial charge in [-0.3, -0.25) is 4.79 Å². The lowest BCUT2D eigenvalue weighted by Gasteiger charge is -2.24. The van der Waals surface area contributed by atoms with E-state index in [0.717, 1.165) is 31.5 Å². The van der Waals surface area contributed by atoms with Crippen molar-refractivity contribution in [2.24, 2.45) is 5.92 Å². The molecule has 0 radical (unpaired) electrons. The van der Waals surface area contributed by atoms with Gasteiger partial charge in [0.1, 0.15) is 0 Å². The third-order valence-electron chi connectivity index (χ3n) is 3.50. The van der Waals surface area contributed by atoms with E-state index < -0.39 is 0 Å². The minimum atomic E-state index is -0.104. The maximum Gasteiger partial charge on any atom is 0.223 e. The van der Waals surface area contributed by atoms with Crippen molar-refractivity contribution in [3.63, 3.8) is 0 Å². The number of piperidine rings is 1. The summed E-state index contributed by atoms with van der Waals surface area (Å²) in [5, 5.41) is 7.48. The minimum Gasteiger partial charge on any atom is -0.349 e. The first-order valence-corrected chi connectivity index (χ1v) is 7.29. The fraction of sp³-hybridized carbons (Fsp3) is 0.500. The first-order valence-electron chi connectivity index (χ1n) is 6.54. The average Bonchev–Trinajstić information content (AvgIpc) is 2.39. The summed E-state index contributed by atoms with van der Waals surface area (Å²) in [4.78, 5) is 12.2. The quantitative estimate of drug-likeness (QED) is 0.900. The lowest BCUT2D eigenvalue weighted by molar-refractivity contribution is -0.126. The highest BCUT2D eigenvalue weighted by Gasteiger charge is 2.22. The predicted molar refractivity (Wildman–Crippen MR) is 78.6 cm³/mol. The summed E-state index contributed by atoms with van der Waals surface area (Å²) in [5.74, 6) is 0.217. The van der Waals surface area contributed by atoms with Gasteiger partial charge in [0.05, 0.1) is 6.04 Å². The third kappa shape index (κ3) is 3.85. The lowest BCUT2D eigenvalue weighted by Crippen LogP contribution is -2.39. The highest BCUT2D eigenvalue weighted by Crippen LogP contribution is 2.26. The molecule has 104 valence electrons. The molecule has 1 amide bonds. The predicted octanol–water partition coefficient (Wildman–Crippen LogP) is 3.17. The van der Waals surface area contributed by atoms with Crippen LogP contribution in [0.3, 0.4) is 0 Å². The summed E-state index contributed by atoms with van der Waals surface area (Å²) in [6.45, 7) is 3.76. The Hall–Kier alpha value is -0.770. The van der Waals surface area contributed by atoms with E-state index in [1.807, 2.05) is 13.0 Å². The van der Waals surface area contributed by atoms with Gasteiger partial charge in [-0.2, -0.15) is 0 Å². The van der Waals surface area contributed by atoms with Crippen molar-refractivity contribution >= 4 is 29.1 Å². The Morgan fingerprint density at radius 3 is 2.68 bits per heavy atom. The van der Waals surface area contributed by atoms with E-state index in [1.54, 1.807) is 12.1 Å². The minimum absolute atomic E-state index is 0.104. The monoisotopic (exact) mass is 300 g/mol. The molecular formula is C14H18Cl2N2O. The zero-order valence-corrected chi connectivity index (χ0v) is 12.4. The van der Waals surface area contributed by atoms with Gasteiger partial charge in [0.2, 0.25) is 5.91 Å². The number of halogens is 2. The van der Waals surface area contributed by atoms with Gasteiger partial charge in [-0.05, 0) is 50.6 Å². The maximum atomic E-state index is 12.2. The van der Waals surface area contributed by atoms with Crippen LogP contribution in [0.25, 0.3) is 0 Å². The summed E-state index contributed by atoms with van der Waals surface area (Å²) in [6.07, 6.45) is 1.79. The molecule has 3 nitrogen and oxygen atoms in total. The largest absolute Gasteiger partial charge is 0.349 e. The van der Waals surface area contributed by atoms with Crippen LogP contribution in [0.15, 0.2) is 18.2 Å². The summed E-state index contributed by atoms with van der Waals surface area (Å²) in [6, 6.07) is 5.24. The van der Waals surface area contributed by atoms with Crippen LogP contribution < -0.4 is 10.6 Å². The molecule has 2 rings (SSSR count). The number of amides is 1. The molecule has 0 spiro atoms. The van der Waals surface area contributed by atoms with E-state index in [9.17, 15) is 4.79 Å². The molecule has 1 unspecified atom stereocenters. The van der Waals surface area contributed by atoms with Gasteiger partial charge in [-0.25, -0.2) is 0 Å². The Bertz CT molecular complexity index is 459. The van der Waals surface area contributed by atoms with Crippen molar-refractivity contribution in [2.75, 3.05) is 13.1 Å². The number of benzene rings is 1. The molecule has 1 saturated heterocycles. The first-order chi connectivity index (χ1) is 9.08. The molecular weight excluding hydrogens is 283 g/mol. The van der Waals surface area contributed by atoms with Crippen LogP contribution >= 0.6 is 23.2 Å². The molecule has 1 aliphatic rings. The molecule has 1 heterocycles. The molecule has 1 aromatic carbocycles. The molecule has 0 saturated carbocycles. The molecule has 0 aromatic heterocycles. The Balaban J connectivity index is 1.99. The van der Waals surface area contributed by atoms with Gasteiger partial charge in [0.15, 0.2) is 0 Å². The van der Waals surface area contributed by atoms with Crippen molar-refractivity contribution < 1.29 is 4.79 Å². The van der Waals surface area contributed by atoms with E-state index >= 15 is 0 Å². The van der Waals surface area contributed by atoms with E-state index in [0.29, 0.717) is 10.0 Å². The maximum absolute atomic E-state index is 12.2. The van der Waals surface area contributed by atoms with Gasteiger partial charge in [0.25, 0.3) is 0 Å². The van der Waals surface area contributed by atoms with E-state index in [2.05, 4.69) is 10.6 Å². The topological polar surface area (TPSA) is 41.1 Å². The average molecular weight is 301 g/mol. The summed E-state index contributed by atoms with van der Waals surface area (Å²) < 4.78 is 0. The van der Waals surface area contributed by atoms with Gasteiger partial charge in [-0.1, -0.05) is 29.3 Å². The van der Waals surface area contributed by atoms with Gasteiger partial charge >= 0.3 is 0 Å². The molecule has 1 aromatic rings. The van der Waals surface area contributed by atoms with E-state index in [1.165, 1.54) is 0 Å². The Labute approximate surface area is 123 Å². The standard InChI is InChI=1S/C14H18Cl2N2O/c1-9(12-3-2-11(15)8-13(12)16)18-14(19)10-4-6-17-7-5-10/h2-3,8-10,17H,4-7H2,1H3,(H,18,19). The molecule has 1 fully saturated rings. The zero-order chi connectivity index (χ0) is 13.8. The highest BCUT2D eigenvalue weighted by atomic mass is 35.5. The number of rotatable bonds is 3. The Kier molecular flexibility index (Phi) is 5.08. The number of carbonyl (C=O) groups is 1. The summed E-state index contributed by atoms with van der Waals surface area (Å²) >= 11 is 12.0. The van der Waals surface area contributed by atoms with Crippen LogP contribution in [0.1, 0.15) is 31.4 Å². The number of carbonyl (C=O) groups excluding carboxylic acids is 1. The Morgan fingerprint density at radius 1 is 1.37 bits per heavy atom. The fourth-order valence-electron chi connectivity index (χ4n) is 2.35. The first kappa shape index (κ1) is 14.6. The molecule has 0 bridgehead atoms. The molecule has 1 aliphatic heterocycles. The molecule has 2 N–H and O–H groups in total. The van der Waals surface area contributed by atoms with Gasteiger partial charge < -0.3 is 10.6 Å². The van der Waals surface area contributed by atoms with Crippen molar-refractivity contribution in [1.82, 2.24) is 10.6 Å². The smallest absolute Gasteiger partial charge is 0.223 e. The number of hydrogen-bond acceptors (Lipinski definition) is 2. The van der Waals surface area contributed by atoms with Crippen molar-refractivity contribution in [2.45, 2.75) is 25.8 Å². The van der Waals surface area contributed by atoms with Crippen LogP contribution in [-0.4, -0.2) is 19.0 Å². The van der Waals surface area contributed by atoms with Crippen LogP contribution in [0.5, 0.6) is 0 Å². The van der Waals surface area contributed by atoms with Gasteiger partial charge in [0, 0.05) is 16.0 Å². The molecule has 19 heavy (non-hydrogen) atoms. The van der Waals surface area contributed by atoms with Crippen molar-refractivity contribution in [1.29, 1.82) is 0 Å². The molecule has 5 heteroatoms. The fourth-order valence-corrected chi connectivity index (χ4v) is 2.92. The van der Waals surface area contributed by atoms with E-state index in [4.69, 9.17) is 23.2 Å². The van der Waals surface area contributed by atoms with Crippen LogP contribution in [0.2, 0.25) is 10.0 Å². The zero-order valence-electron chi connectivity index (χ0n) is 10.9. The van der Waals surface area contributed by atoms with Gasteiger partial charge in [-0.15, -0.1) is 0 Å². The second kappa shape index (κ2) is 6.60. The van der Waals surface area contributed by atoms with Crippen molar-refractivity contribution in [3.05, 3.63) is 33.8 Å². The van der Waals surface area contributed by atoms with Crippen LogP contribution in [0.4, 0.5) is 0 Å². The lowest BCUT2D eigenvalue weighted by atomic mass is 9.96. The molecule has 0 aliphatic carbocycles. The number of hydrogen-bond donors (Lipinski definition) is 2. The van der Waals surface area contributed by atoms with E-state index in [-0.39, 0.29) is 17.9 Å².